The number of halogens is 2. The van der Waals surface area contributed by atoms with Crippen LogP contribution in [0.5, 0.6) is 5.75 Å². The van der Waals surface area contributed by atoms with Gasteiger partial charge in [-0.15, -0.1) is 0 Å². The Hall–Kier alpha value is -1.50. The molecule has 0 saturated heterocycles. The van der Waals surface area contributed by atoms with E-state index in [1.165, 1.54) is 0 Å². The Kier molecular flexibility index (Phi) is 2.80. The van der Waals surface area contributed by atoms with Crippen LogP contribution in [0.25, 0.3) is 0 Å². The van der Waals surface area contributed by atoms with Crippen molar-refractivity contribution in [3.8, 4) is 5.75 Å². The molecule has 0 atom stereocenters. The quantitative estimate of drug-likeness (QED) is 0.458. The summed E-state index contributed by atoms with van der Waals surface area (Å²) in [5.74, 6) is -2.17. The average molecular weight is 263 g/mol. The van der Waals surface area contributed by atoms with Crippen LogP contribution in [0.3, 0.4) is 0 Å². The molecule has 5 nitrogen and oxygen atoms in total. The van der Waals surface area contributed by atoms with Gasteiger partial charge in [0.25, 0.3) is 0 Å². The molecule has 14 heavy (non-hydrogen) atoms. The third-order valence-electron chi connectivity index (χ3n) is 1.50. The van der Waals surface area contributed by atoms with Crippen molar-refractivity contribution < 1.29 is 19.2 Å². The molecule has 0 heterocycles. The largest absolute Gasteiger partial charge is 0.871 e. The van der Waals surface area contributed by atoms with Crippen molar-refractivity contribution in [3.05, 3.63) is 32.0 Å². The summed E-state index contributed by atoms with van der Waals surface area (Å²) in [6, 6.07) is 0.607. The first-order valence-electron chi connectivity index (χ1n) is 3.27. The minimum Gasteiger partial charge on any atom is -0.871 e. The summed E-state index contributed by atoms with van der Waals surface area (Å²) in [5, 5.41) is 21.3. The molecule has 0 spiro atoms. The van der Waals surface area contributed by atoms with Crippen LogP contribution in [0.4, 0.5) is 10.1 Å². The summed E-state index contributed by atoms with van der Waals surface area (Å²) in [6.07, 6.45) is 0.138. The molecule has 0 aliphatic heterocycles. The Balaban J connectivity index is 3.56. The predicted molar refractivity (Wildman–Crippen MR) is 45.6 cm³/mol. The maximum Gasteiger partial charge on any atom is 0.306 e. The first-order valence-corrected chi connectivity index (χ1v) is 4.07. The fourth-order valence-electron chi connectivity index (χ4n) is 0.835. The van der Waals surface area contributed by atoms with E-state index in [-0.39, 0.29) is 6.29 Å². The monoisotopic (exact) mass is 262 g/mol. The van der Waals surface area contributed by atoms with Crippen LogP contribution < -0.4 is 5.11 Å². The molecular weight excluding hydrogens is 261 g/mol. The second kappa shape index (κ2) is 3.70. The molecule has 0 fully saturated rings. The normalized spacial score (nSPS) is 9.86. The van der Waals surface area contributed by atoms with E-state index in [0.717, 1.165) is 0 Å². The summed E-state index contributed by atoms with van der Waals surface area (Å²) in [4.78, 5) is 19.6. The van der Waals surface area contributed by atoms with Crippen LogP contribution in [0.2, 0.25) is 0 Å². The lowest BCUT2D eigenvalue weighted by molar-refractivity contribution is -0.387. The SMILES string of the molecule is O=Cc1cc([N+](=O)[O-])c(F)c(Br)c1[O-]. The van der Waals surface area contributed by atoms with E-state index >= 15 is 0 Å². The lowest BCUT2D eigenvalue weighted by Gasteiger charge is -2.11. The van der Waals surface area contributed by atoms with Gasteiger partial charge in [0.05, 0.1) is 9.40 Å². The van der Waals surface area contributed by atoms with Gasteiger partial charge in [-0.1, -0.05) is 5.75 Å². The maximum atomic E-state index is 13.0. The van der Waals surface area contributed by atoms with E-state index in [4.69, 9.17) is 0 Å². The van der Waals surface area contributed by atoms with Crippen molar-refractivity contribution in [2.24, 2.45) is 0 Å². The first kappa shape index (κ1) is 10.6. The molecule has 0 aliphatic carbocycles. The highest BCUT2D eigenvalue weighted by Crippen LogP contribution is 2.33. The molecule has 0 saturated carbocycles. The number of benzene rings is 1. The van der Waals surface area contributed by atoms with Crippen molar-refractivity contribution in [3.63, 3.8) is 0 Å². The minimum absolute atomic E-state index is 0.138. The number of rotatable bonds is 2. The van der Waals surface area contributed by atoms with Crippen molar-refractivity contribution >= 4 is 27.9 Å². The number of nitrogens with zero attached hydrogens (tertiary/aromatic N) is 1. The minimum atomic E-state index is -1.27. The smallest absolute Gasteiger partial charge is 0.306 e. The average Bonchev–Trinajstić information content (AvgIpc) is 2.14. The third-order valence-corrected chi connectivity index (χ3v) is 2.20. The molecule has 7 heteroatoms. The molecule has 0 N–H and O–H groups in total. The van der Waals surface area contributed by atoms with Gasteiger partial charge in [0.2, 0.25) is 5.82 Å². The maximum absolute atomic E-state index is 13.0. The Morgan fingerprint density at radius 2 is 2.14 bits per heavy atom. The Morgan fingerprint density at radius 1 is 1.57 bits per heavy atom. The molecule has 74 valence electrons. The molecule has 0 unspecified atom stereocenters. The van der Waals surface area contributed by atoms with E-state index < -0.39 is 32.2 Å². The fraction of sp³-hybridized carbons (Fsp3) is 0. The van der Waals surface area contributed by atoms with E-state index in [0.29, 0.717) is 6.07 Å². The number of nitro groups is 1. The predicted octanol–water partition coefficient (Wildman–Crippen LogP) is 1.38. The van der Waals surface area contributed by atoms with Gasteiger partial charge in [-0.25, -0.2) is 0 Å². The zero-order valence-corrected chi connectivity index (χ0v) is 8.08. The van der Waals surface area contributed by atoms with Crippen LogP contribution >= 0.6 is 15.9 Å². The van der Waals surface area contributed by atoms with Gasteiger partial charge >= 0.3 is 5.69 Å². The van der Waals surface area contributed by atoms with Crippen LogP contribution in [-0.2, 0) is 0 Å². The molecule has 1 rings (SSSR count). The van der Waals surface area contributed by atoms with Gasteiger partial charge in [0.15, 0.2) is 0 Å². The lowest BCUT2D eigenvalue weighted by atomic mass is 10.2. The second-order valence-electron chi connectivity index (χ2n) is 2.32. The van der Waals surface area contributed by atoms with E-state index in [2.05, 4.69) is 15.9 Å². The van der Waals surface area contributed by atoms with Crippen molar-refractivity contribution in [1.29, 1.82) is 0 Å². The van der Waals surface area contributed by atoms with E-state index in [9.17, 15) is 24.4 Å². The number of carbonyl (C=O) groups is 1. The molecule has 1 aromatic rings. The van der Waals surface area contributed by atoms with Crippen LogP contribution in [-0.4, -0.2) is 11.2 Å². The molecular formula is C7H2BrFNO4-. The van der Waals surface area contributed by atoms with Gasteiger partial charge in [-0.05, 0) is 15.9 Å². The topological polar surface area (TPSA) is 83.3 Å². The van der Waals surface area contributed by atoms with Crippen LogP contribution in [0.1, 0.15) is 10.4 Å². The van der Waals surface area contributed by atoms with Gasteiger partial charge in [-0.2, -0.15) is 4.39 Å². The van der Waals surface area contributed by atoms with Gasteiger partial charge < -0.3 is 5.11 Å². The molecule has 1 aromatic carbocycles. The summed E-state index contributed by atoms with van der Waals surface area (Å²) in [5.41, 5.74) is -1.36. The summed E-state index contributed by atoms with van der Waals surface area (Å²) < 4.78 is 12.4. The Morgan fingerprint density at radius 3 is 2.57 bits per heavy atom. The zero-order valence-electron chi connectivity index (χ0n) is 6.49. The highest BCUT2D eigenvalue weighted by molar-refractivity contribution is 9.10. The number of hydrogen-bond acceptors (Lipinski definition) is 4. The van der Waals surface area contributed by atoms with Crippen molar-refractivity contribution in [1.82, 2.24) is 0 Å². The van der Waals surface area contributed by atoms with Crippen LogP contribution in [0.15, 0.2) is 10.5 Å². The number of nitro benzene ring substituents is 1. The molecule has 0 bridgehead atoms. The van der Waals surface area contributed by atoms with Gasteiger partial charge in [0, 0.05) is 11.6 Å². The summed E-state index contributed by atoms with van der Waals surface area (Å²) >= 11 is 2.54. The first-order chi connectivity index (χ1) is 6.49. The molecule has 0 amide bonds. The van der Waals surface area contributed by atoms with Gasteiger partial charge in [0.1, 0.15) is 6.29 Å². The summed E-state index contributed by atoms with van der Waals surface area (Å²) in [6.45, 7) is 0. The highest BCUT2D eigenvalue weighted by Gasteiger charge is 2.19. The Labute approximate surface area is 85.4 Å². The summed E-state index contributed by atoms with van der Waals surface area (Å²) in [7, 11) is 0. The van der Waals surface area contributed by atoms with E-state index in [1.807, 2.05) is 0 Å². The van der Waals surface area contributed by atoms with Crippen LogP contribution in [0, 0.1) is 15.9 Å². The van der Waals surface area contributed by atoms with Gasteiger partial charge in [-0.3, -0.25) is 14.9 Å². The standard InChI is InChI=1S/C7H3BrFNO4/c8-5-6(9)4(10(13)14)1-3(2-11)7(5)12/h1-2,12H/p-1. The molecule has 0 radical (unpaired) electrons. The number of hydrogen-bond donors (Lipinski definition) is 0. The highest BCUT2D eigenvalue weighted by atomic mass is 79.9. The second-order valence-corrected chi connectivity index (χ2v) is 3.11. The van der Waals surface area contributed by atoms with E-state index in [1.54, 1.807) is 0 Å². The van der Waals surface area contributed by atoms with Crippen molar-refractivity contribution in [2.45, 2.75) is 0 Å². The fourth-order valence-corrected chi connectivity index (χ4v) is 1.27. The molecule has 0 aliphatic rings. The van der Waals surface area contributed by atoms with Crippen molar-refractivity contribution in [2.75, 3.05) is 0 Å². The lowest BCUT2D eigenvalue weighted by Crippen LogP contribution is -2.02. The number of carbonyl (C=O) groups excluding carboxylic acids is 1. The molecule has 0 aromatic heterocycles. The Bertz CT molecular complexity index is 421. The zero-order chi connectivity index (χ0) is 10.9. The number of aldehydes is 1. The third kappa shape index (κ3) is 1.58.